The monoisotopic (exact) mass is 415 g/mol. The Hall–Kier alpha value is -2.77. The number of ether oxygens (including phenoxy) is 1. The van der Waals surface area contributed by atoms with Crippen molar-refractivity contribution in [2.45, 2.75) is 26.4 Å². The van der Waals surface area contributed by atoms with Gasteiger partial charge in [0.15, 0.2) is 6.10 Å². The smallest absolute Gasteiger partial charge is 0.312 e. The lowest BCUT2D eigenvalue weighted by Crippen LogP contribution is -2.30. The standard InChI is InChI=1S/C20H18ClN3O3S/c1-12-5-6-15(21)8-17(12)24-19(26)13(2)27-18(25)9-16-11-28-20(23-16)14-4-3-7-22-10-14/h3-8,10-11,13H,9H2,1-2H3,(H,24,26)/t13-/m0/s1. The second kappa shape index (κ2) is 8.95. The molecule has 1 aromatic carbocycles. The van der Waals surface area contributed by atoms with E-state index >= 15 is 0 Å². The molecular weight excluding hydrogens is 398 g/mol. The van der Waals surface area contributed by atoms with Crippen LogP contribution in [0.15, 0.2) is 48.1 Å². The number of nitrogens with one attached hydrogen (secondary N) is 1. The van der Waals surface area contributed by atoms with Crippen LogP contribution in [0.2, 0.25) is 5.02 Å². The average Bonchev–Trinajstić information content (AvgIpc) is 3.13. The molecular formula is C20H18ClN3O3S. The molecule has 0 saturated carbocycles. The highest BCUT2D eigenvalue weighted by Crippen LogP contribution is 2.23. The van der Waals surface area contributed by atoms with Crippen molar-refractivity contribution in [2.24, 2.45) is 0 Å². The molecule has 28 heavy (non-hydrogen) atoms. The van der Waals surface area contributed by atoms with Gasteiger partial charge in [0.05, 0.1) is 12.1 Å². The van der Waals surface area contributed by atoms with Gasteiger partial charge in [-0.1, -0.05) is 17.7 Å². The van der Waals surface area contributed by atoms with E-state index < -0.39 is 18.0 Å². The Morgan fingerprint density at radius 3 is 2.89 bits per heavy atom. The summed E-state index contributed by atoms with van der Waals surface area (Å²) in [6.07, 6.45) is 2.45. The predicted octanol–water partition coefficient (Wildman–Crippen LogP) is 4.28. The lowest BCUT2D eigenvalue weighted by molar-refractivity contribution is -0.152. The number of nitrogens with zero attached hydrogens (tertiary/aromatic N) is 2. The quantitative estimate of drug-likeness (QED) is 0.607. The van der Waals surface area contributed by atoms with Crippen LogP contribution in [-0.2, 0) is 20.7 Å². The number of hydrogen-bond donors (Lipinski definition) is 1. The lowest BCUT2D eigenvalue weighted by Gasteiger charge is -2.14. The second-order valence-electron chi connectivity index (χ2n) is 6.14. The maximum absolute atomic E-state index is 12.3. The SMILES string of the molecule is Cc1ccc(Cl)cc1NC(=O)[C@H](C)OC(=O)Cc1csc(-c2cccnc2)n1. The van der Waals surface area contributed by atoms with Crippen LogP contribution in [0, 0.1) is 6.92 Å². The van der Waals surface area contributed by atoms with Crippen molar-refractivity contribution in [2.75, 3.05) is 5.32 Å². The van der Waals surface area contributed by atoms with Gasteiger partial charge in [0.2, 0.25) is 0 Å². The fraction of sp³-hybridized carbons (Fsp3) is 0.200. The number of aryl methyl sites for hydroxylation is 1. The van der Waals surface area contributed by atoms with E-state index in [-0.39, 0.29) is 6.42 Å². The number of halogens is 1. The summed E-state index contributed by atoms with van der Waals surface area (Å²) in [6.45, 7) is 3.37. The predicted molar refractivity (Wildman–Crippen MR) is 109 cm³/mol. The Kier molecular flexibility index (Phi) is 6.38. The maximum Gasteiger partial charge on any atom is 0.312 e. The third kappa shape index (κ3) is 5.15. The Bertz CT molecular complexity index is 991. The highest BCUT2D eigenvalue weighted by molar-refractivity contribution is 7.13. The Morgan fingerprint density at radius 2 is 2.14 bits per heavy atom. The molecule has 0 aliphatic rings. The lowest BCUT2D eigenvalue weighted by atomic mass is 10.2. The van der Waals surface area contributed by atoms with Crippen LogP contribution in [-0.4, -0.2) is 27.9 Å². The minimum atomic E-state index is -0.942. The summed E-state index contributed by atoms with van der Waals surface area (Å²) in [5, 5.41) is 5.81. The van der Waals surface area contributed by atoms with Crippen LogP contribution < -0.4 is 5.32 Å². The summed E-state index contributed by atoms with van der Waals surface area (Å²) >= 11 is 7.38. The molecule has 1 atom stereocenters. The van der Waals surface area contributed by atoms with Crippen molar-refractivity contribution in [3.8, 4) is 10.6 Å². The fourth-order valence-corrected chi connectivity index (χ4v) is 3.40. The summed E-state index contributed by atoms with van der Waals surface area (Å²) in [7, 11) is 0. The summed E-state index contributed by atoms with van der Waals surface area (Å²) in [4.78, 5) is 33.0. The Balaban J connectivity index is 1.56. The highest BCUT2D eigenvalue weighted by Gasteiger charge is 2.20. The molecule has 6 nitrogen and oxygen atoms in total. The van der Waals surface area contributed by atoms with Crippen LogP contribution in [0.25, 0.3) is 10.6 Å². The van der Waals surface area contributed by atoms with Crippen molar-refractivity contribution >= 4 is 40.5 Å². The molecule has 1 N–H and O–H groups in total. The van der Waals surface area contributed by atoms with Gasteiger partial charge in [-0.2, -0.15) is 0 Å². The van der Waals surface area contributed by atoms with Gasteiger partial charge in [-0.3, -0.25) is 14.6 Å². The van der Waals surface area contributed by atoms with Crippen LogP contribution in [0.4, 0.5) is 5.69 Å². The van der Waals surface area contributed by atoms with Gasteiger partial charge in [-0.05, 0) is 43.7 Å². The number of rotatable bonds is 6. The van der Waals surface area contributed by atoms with E-state index in [2.05, 4.69) is 15.3 Å². The largest absolute Gasteiger partial charge is 0.452 e. The number of aromatic nitrogens is 2. The molecule has 0 spiro atoms. The number of benzene rings is 1. The summed E-state index contributed by atoms with van der Waals surface area (Å²) in [5.74, 6) is -0.943. The van der Waals surface area contributed by atoms with Crippen LogP contribution in [0.5, 0.6) is 0 Å². The normalized spacial score (nSPS) is 11.7. The van der Waals surface area contributed by atoms with Gasteiger partial charge in [0, 0.05) is 34.0 Å². The summed E-state index contributed by atoms with van der Waals surface area (Å²) in [6, 6.07) is 8.92. The number of pyridine rings is 1. The third-order valence-corrected chi connectivity index (χ3v) is 5.10. The van der Waals surface area contributed by atoms with Gasteiger partial charge in [-0.25, -0.2) is 4.98 Å². The van der Waals surface area contributed by atoms with Gasteiger partial charge in [0.1, 0.15) is 5.01 Å². The van der Waals surface area contributed by atoms with Crippen molar-refractivity contribution in [1.82, 2.24) is 9.97 Å². The zero-order valence-electron chi connectivity index (χ0n) is 15.3. The molecule has 0 unspecified atom stereocenters. The molecule has 0 aliphatic heterocycles. The third-order valence-electron chi connectivity index (χ3n) is 3.92. The maximum atomic E-state index is 12.3. The first-order valence-corrected chi connectivity index (χ1v) is 9.79. The average molecular weight is 416 g/mol. The van der Waals surface area contributed by atoms with Crippen molar-refractivity contribution < 1.29 is 14.3 Å². The molecule has 8 heteroatoms. The minimum absolute atomic E-state index is 0.00935. The number of thiazole rings is 1. The molecule has 1 amide bonds. The summed E-state index contributed by atoms with van der Waals surface area (Å²) < 4.78 is 5.24. The van der Waals surface area contributed by atoms with Crippen molar-refractivity contribution in [3.63, 3.8) is 0 Å². The molecule has 0 radical (unpaired) electrons. The van der Waals surface area contributed by atoms with E-state index in [1.807, 2.05) is 19.1 Å². The highest BCUT2D eigenvalue weighted by atomic mass is 35.5. The molecule has 0 saturated heterocycles. The molecule has 0 aliphatic carbocycles. The number of hydrogen-bond acceptors (Lipinski definition) is 6. The van der Waals surface area contributed by atoms with E-state index in [1.165, 1.54) is 18.3 Å². The van der Waals surface area contributed by atoms with E-state index in [0.29, 0.717) is 16.4 Å². The van der Waals surface area contributed by atoms with Gasteiger partial charge in [-0.15, -0.1) is 11.3 Å². The molecule has 0 bridgehead atoms. The molecule has 2 heterocycles. The number of carbonyl (C=O) groups is 2. The van der Waals surface area contributed by atoms with E-state index in [4.69, 9.17) is 16.3 Å². The van der Waals surface area contributed by atoms with Crippen molar-refractivity contribution in [3.05, 3.63) is 64.4 Å². The topological polar surface area (TPSA) is 81.2 Å². The van der Waals surface area contributed by atoms with Crippen LogP contribution >= 0.6 is 22.9 Å². The van der Waals surface area contributed by atoms with E-state index in [0.717, 1.165) is 16.1 Å². The number of esters is 1. The zero-order valence-corrected chi connectivity index (χ0v) is 16.9. The van der Waals surface area contributed by atoms with Gasteiger partial charge >= 0.3 is 5.97 Å². The zero-order chi connectivity index (χ0) is 20.1. The van der Waals surface area contributed by atoms with E-state index in [1.54, 1.807) is 36.0 Å². The fourth-order valence-electron chi connectivity index (χ4n) is 2.41. The molecule has 0 fully saturated rings. The second-order valence-corrected chi connectivity index (χ2v) is 7.44. The molecule has 3 aromatic rings. The molecule has 144 valence electrons. The van der Waals surface area contributed by atoms with Crippen LogP contribution in [0.1, 0.15) is 18.2 Å². The van der Waals surface area contributed by atoms with Gasteiger partial charge < -0.3 is 10.1 Å². The summed E-state index contributed by atoms with van der Waals surface area (Å²) in [5.41, 5.74) is 2.92. The first kappa shape index (κ1) is 20.0. The van der Waals surface area contributed by atoms with Crippen LogP contribution in [0.3, 0.4) is 0 Å². The van der Waals surface area contributed by atoms with Gasteiger partial charge in [0.25, 0.3) is 5.91 Å². The number of amides is 1. The van der Waals surface area contributed by atoms with Crippen molar-refractivity contribution in [1.29, 1.82) is 0 Å². The Morgan fingerprint density at radius 1 is 1.32 bits per heavy atom. The Labute approximate surface area is 171 Å². The van der Waals surface area contributed by atoms with E-state index in [9.17, 15) is 9.59 Å². The first-order chi connectivity index (χ1) is 13.4. The minimum Gasteiger partial charge on any atom is -0.452 e. The molecule has 2 aromatic heterocycles. The first-order valence-electron chi connectivity index (χ1n) is 8.53. The number of carbonyl (C=O) groups excluding carboxylic acids is 2. The molecule has 3 rings (SSSR count). The number of anilines is 1.